The van der Waals surface area contributed by atoms with Gasteiger partial charge in [0, 0.05) is 13.1 Å². The number of ether oxygens (including phenoxy) is 1. The quantitative estimate of drug-likeness (QED) is 0.744. The second-order valence-corrected chi connectivity index (χ2v) is 4.40. The van der Waals surface area contributed by atoms with E-state index in [2.05, 4.69) is 20.2 Å². The van der Waals surface area contributed by atoms with Crippen molar-refractivity contribution in [3.63, 3.8) is 0 Å². The highest BCUT2D eigenvalue weighted by atomic mass is 32.1. The fourth-order valence-electron chi connectivity index (χ4n) is 1.43. The minimum atomic E-state index is -0.380. The molecule has 0 aromatic carbocycles. The SMILES string of the molecule is Cc1nnsc1CNC(=O)C1CNCCO1. The molecule has 0 aliphatic carbocycles. The van der Waals surface area contributed by atoms with E-state index in [-0.39, 0.29) is 12.0 Å². The lowest BCUT2D eigenvalue weighted by Gasteiger charge is -2.22. The van der Waals surface area contributed by atoms with Gasteiger partial charge in [0.2, 0.25) is 0 Å². The van der Waals surface area contributed by atoms with Crippen LogP contribution in [-0.4, -0.2) is 41.3 Å². The summed E-state index contributed by atoms with van der Waals surface area (Å²) in [4.78, 5) is 12.7. The Labute approximate surface area is 97.5 Å². The van der Waals surface area contributed by atoms with E-state index >= 15 is 0 Å². The van der Waals surface area contributed by atoms with Crippen molar-refractivity contribution in [1.82, 2.24) is 20.2 Å². The van der Waals surface area contributed by atoms with E-state index in [9.17, 15) is 4.79 Å². The molecule has 0 bridgehead atoms. The van der Waals surface area contributed by atoms with Gasteiger partial charge in [0.15, 0.2) is 0 Å². The first-order valence-electron chi connectivity index (χ1n) is 5.15. The van der Waals surface area contributed by atoms with E-state index in [0.717, 1.165) is 17.1 Å². The number of rotatable bonds is 3. The maximum Gasteiger partial charge on any atom is 0.250 e. The minimum Gasteiger partial charge on any atom is -0.366 e. The van der Waals surface area contributed by atoms with Gasteiger partial charge in [-0.3, -0.25) is 4.79 Å². The van der Waals surface area contributed by atoms with Crippen LogP contribution in [0.3, 0.4) is 0 Å². The zero-order chi connectivity index (χ0) is 11.4. The Bertz CT molecular complexity index is 362. The third-order valence-corrected chi connectivity index (χ3v) is 3.21. The Balaban J connectivity index is 1.81. The molecule has 1 amide bonds. The van der Waals surface area contributed by atoms with Crippen LogP contribution in [0.1, 0.15) is 10.6 Å². The Morgan fingerprint density at radius 2 is 2.62 bits per heavy atom. The molecular weight excluding hydrogens is 228 g/mol. The van der Waals surface area contributed by atoms with Gasteiger partial charge in [-0.05, 0) is 18.5 Å². The van der Waals surface area contributed by atoms with Crippen LogP contribution >= 0.6 is 11.5 Å². The number of nitrogens with zero attached hydrogens (tertiary/aromatic N) is 2. The summed E-state index contributed by atoms with van der Waals surface area (Å²) >= 11 is 1.31. The average molecular weight is 242 g/mol. The van der Waals surface area contributed by atoms with E-state index in [4.69, 9.17) is 4.74 Å². The van der Waals surface area contributed by atoms with Crippen molar-refractivity contribution in [3.05, 3.63) is 10.6 Å². The highest BCUT2D eigenvalue weighted by Gasteiger charge is 2.21. The minimum absolute atomic E-state index is 0.0833. The summed E-state index contributed by atoms with van der Waals surface area (Å²) in [7, 11) is 0. The van der Waals surface area contributed by atoms with Crippen LogP contribution in [-0.2, 0) is 16.1 Å². The van der Waals surface area contributed by atoms with E-state index < -0.39 is 0 Å². The molecule has 2 rings (SSSR count). The van der Waals surface area contributed by atoms with Crippen molar-refractivity contribution in [2.24, 2.45) is 0 Å². The average Bonchev–Trinajstić information content (AvgIpc) is 2.73. The zero-order valence-electron chi connectivity index (χ0n) is 9.02. The number of morpholine rings is 1. The molecule has 1 aromatic rings. The van der Waals surface area contributed by atoms with Gasteiger partial charge in [0.05, 0.1) is 23.7 Å². The van der Waals surface area contributed by atoms with Crippen LogP contribution in [0.25, 0.3) is 0 Å². The Morgan fingerprint density at radius 1 is 1.75 bits per heavy atom. The van der Waals surface area contributed by atoms with Crippen LogP contribution in [0.2, 0.25) is 0 Å². The Morgan fingerprint density at radius 3 is 3.25 bits per heavy atom. The molecule has 0 radical (unpaired) electrons. The van der Waals surface area contributed by atoms with Crippen molar-refractivity contribution >= 4 is 17.4 Å². The number of hydrogen-bond donors (Lipinski definition) is 2. The second kappa shape index (κ2) is 5.33. The van der Waals surface area contributed by atoms with Crippen molar-refractivity contribution in [2.75, 3.05) is 19.7 Å². The van der Waals surface area contributed by atoms with Crippen molar-refractivity contribution in [1.29, 1.82) is 0 Å². The van der Waals surface area contributed by atoms with Gasteiger partial charge in [-0.1, -0.05) is 4.49 Å². The Hall–Kier alpha value is -1.05. The number of carbonyl (C=O) groups is 1. The van der Waals surface area contributed by atoms with Crippen LogP contribution in [0.15, 0.2) is 0 Å². The van der Waals surface area contributed by atoms with Gasteiger partial charge in [0.25, 0.3) is 5.91 Å². The monoisotopic (exact) mass is 242 g/mol. The normalized spacial score (nSPS) is 20.7. The highest BCUT2D eigenvalue weighted by Crippen LogP contribution is 2.08. The number of hydrogen-bond acceptors (Lipinski definition) is 6. The fourth-order valence-corrected chi connectivity index (χ4v) is 2.00. The molecule has 6 nitrogen and oxygen atoms in total. The molecule has 1 aliphatic heterocycles. The summed E-state index contributed by atoms with van der Waals surface area (Å²) in [5.74, 6) is -0.0833. The summed E-state index contributed by atoms with van der Waals surface area (Å²) in [6, 6.07) is 0. The highest BCUT2D eigenvalue weighted by molar-refractivity contribution is 7.05. The van der Waals surface area contributed by atoms with Crippen LogP contribution in [0.5, 0.6) is 0 Å². The maximum atomic E-state index is 11.7. The maximum absolute atomic E-state index is 11.7. The molecule has 1 atom stereocenters. The van der Waals surface area contributed by atoms with Gasteiger partial charge >= 0.3 is 0 Å². The molecular formula is C9H14N4O2S. The molecule has 1 aliphatic rings. The molecule has 0 saturated carbocycles. The first kappa shape index (κ1) is 11.4. The van der Waals surface area contributed by atoms with Gasteiger partial charge in [-0.2, -0.15) is 0 Å². The third kappa shape index (κ3) is 2.75. The van der Waals surface area contributed by atoms with E-state index in [1.807, 2.05) is 6.92 Å². The zero-order valence-corrected chi connectivity index (χ0v) is 9.84. The van der Waals surface area contributed by atoms with Gasteiger partial charge in [-0.25, -0.2) is 0 Å². The topological polar surface area (TPSA) is 76.1 Å². The van der Waals surface area contributed by atoms with Crippen LogP contribution in [0, 0.1) is 6.92 Å². The fraction of sp³-hybridized carbons (Fsp3) is 0.667. The second-order valence-electron chi connectivity index (χ2n) is 3.56. The largest absolute Gasteiger partial charge is 0.366 e. The van der Waals surface area contributed by atoms with E-state index in [1.54, 1.807) is 0 Å². The van der Waals surface area contributed by atoms with E-state index in [1.165, 1.54) is 11.5 Å². The number of aromatic nitrogens is 2. The van der Waals surface area contributed by atoms with Crippen molar-refractivity contribution in [3.8, 4) is 0 Å². The van der Waals surface area contributed by atoms with Crippen LogP contribution in [0.4, 0.5) is 0 Å². The first-order chi connectivity index (χ1) is 7.77. The summed E-state index contributed by atoms with van der Waals surface area (Å²) in [5.41, 5.74) is 0.869. The summed E-state index contributed by atoms with van der Waals surface area (Å²) in [6.07, 6.45) is -0.380. The lowest BCUT2D eigenvalue weighted by Crippen LogP contribution is -2.47. The molecule has 2 N–H and O–H groups in total. The molecule has 1 unspecified atom stereocenters. The van der Waals surface area contributed by atoms with Gasteiger partial charge < -0.3 is 15.4 Å². The molecule has 2 heterocycles. The molecule has 0 spiro atoms. The first-order valence-corrected chi connectivity index (χ1v) is 5.92. The number of nitrogens with one attached hydrogen (secondary N) is 2. The number of carbonyl (C=O) groups excluding carboxylic acids is 1. The summed E-state index contributed by atoms with van der Waals surface area (Å²) < 4.78 is 9.15. The molecule has 88 valence electrons. The molecule has 1 fully saturated rings. The van der Waals surface area contributed by atoms with Crippen molar-refractivity contribution < 1.29 is 9.53 Å². The Kier molecular flexibility index (Phi) is 3.81. The van der Waals surface area contributed by atoms with Crippen LogP contribution < -0.4 is 10.6 Å². The van der Waals surface area contributed by atoms with Gasteiger partial charge in [-0.15, -0.1) is 5.10 Å². The number of aryl methyl sites for hydroxylation is 1. The smallest absolute Gasteiger partial charge is 0.250 e. The lowest BCUT2D eigenvalue weighted by atomic mass is 10.3. The van der Waals surface area contributed by atoms with Crippen molar-refractivity contribution in [2.45, 2.75) is 19.6 Å². The molecule has 7 heteroatoms. The molecule has 16 heavy (non-hydrogen) atoms. The third-order valence-electron chi connectivity index (χ3n) is 2.39. The lowest BCUT2D eigenvalue weighted by molar-refractivity contribution is -0.134. The predicted octanol–water partition coefficient (Wildman–Crippen LogP) is -0.549. The summed E-state index contributed by atoms with van der Waals surface area (Å²) in [6.45, 7) is 4.32. The van der Waals surface area contributed by atoms with Gasteiger partial charge in [0.1, 0.15) is 6.10 Å². The molecule has 1 aromatic heterocycles. The number of amides is 1. The molecule has 1 saturated heterocycles. The summed E-state index contributed by atoms with van der Waals surface area (Å²) in [5, 5.41) is 9.82. The predicted molar refractivity (Wildman–Crippen MR) is 59.1 cm³/mol. The van der Waals surface area contributed by atoms with E-state index in [0.29, 0.717) is 19.7 Å². The standard InChI is InChI=1S/C9H14N4O2S/c1-6-8(16-13-12-6)5-11-9(14)7-4-10-2-3-15-7/h7,10H,2-5H2,1H3,(H,11,14).